The highest BCUT2D eigenvalue weighted by Crippen LogP contribution is 2.33. The van der Waals surface area contributed by atoms with Gasteiger partial charge in [0.2, 0.25) is 10.0 Å². The number of H-pyrrole nitrogens is 1. The summed E-state index contributed by atoms with van der Waals surface area (Å²) < 4.78 is 29.0. The number of pyridine rings is 1. The van der Waals surface area contributed by atoms with E-state index >= 15 is 0 Å². The predicted octanol–water partition coefficient (Wildman–Crippen LogP) is 1.87. The van der Waals surface area contributed by atoms with Crippen LogP contribution in [0.15, 0.2) is 44.9 Å². The average Bonchev–Trinajstić information content (AvgIpc) is 3.30. The second kappa shape index (κ2) is 9.04. The molecule has 5 rings (SSSR count). The number of aryl methyl sites for hydroxylation is 1. The number of hydrogen-bond donors (Lipinski definition) is 1. The van der Waals surface area contributed by atoms with Crippen molar-refractivity contribution in [2.75, 3.05) is 24.5 Å². The summed E-state index contributed by atoms with van der Waals surface area (Å²) in [6, 6.07) is 6.36. The van der Waals surface area contributed by atoms with Crippen molar-refractivity contribution in [3.63, 3.8) is 0 Å². The molecule has 1 aromatic carbocycles. The highest BCUT2D eigenvalue weighted by molar-refractivity contribution is 7.89. The molecule has 0 saturated carbocycles. The zero-order chi connectivity index (χ0) is 24.7. The molecule has 0 unspecified atom stereocenters. The molecule has 11 heteroatoms. The molecular weight excluding hydrogens is 470 g/mol. The van der Waals surface area contributed by atoms with Crippen molar-refractivity contribution in [2.24, 2.45) is 0 Å². The molecule has 10 nitrogen and oxygen atoms in total. The fraction of sp³-hybridized carbons (Fsp3) is 0.417. The monoisotopic (exact) mass is 497 g/mol. The van der Waals surface area contributed by atoms with E-state index in [0.717, 1.165) is 24.8 Å². The lowest BCUT2D eigenvalue weighted by atomic mass is 10.1. The van der Waals surface area contributed by atoms with Gasteiger partial charge in [-0.25, -0.2) is 18.2 Å². The van der Waals surface area contributed by atoms with Crippen LogP contribution in [0.2, 0.25) is 0 Å². The zero-order valence-corrected chi connectivity index (χ0v) is 20.3. The number of fused-ring (bicyclic) bond motifs is 2. The van der Waals surface area contributed by atoms with Crippen LogP contribution in [-0.4, -0.2) is 52.8 Å². The predicted molar refractivity (Wildman–Crippen MR) is 131 cm³/mol. The summed E-state index contributed by atoms with van der Waals surface area (Å²) in [6.45, 7) is 3.77. The number of carbonyl (C=O) groups excluding carboxylic acids is 1. The Labute approximate surface area is 202 Å². The van der Waals surface area contributed by atoms with E-state index in [-0.39, 0.29) is 27.4 Å². The lowest BCUT2D eigenvalue weighted by Crippen LogP contribution is -2.35. The molecular formula is C24H27N5O5S. The third-order valence-corrected chi connectivity index (χ3v) is 8.57. The first-order valence-electron chi connectivity index (χ1n) is 11.9. The van der Waals surface area contributed by atoms with Crippen LogP contribution < -0.4 is 16.1 Å². The molecule has 2 aliphatic heterocycles. The van der Waals surface area contributed by atoms with Crippen molar-refractivity contribution in [3.05, 3.63) is 62.4 Å². The van der Waals surface area contributed by atoms with Crippen LogP contribution in [-0.2, 0) is 23.0 Å². The third kappa shape index (κ3) is 4.08. The maximum Gasteiger partial charge on any atom is 0.329 e. The van der Waals surface area contributed by atoms with Gasteiger partial charge in [-0.3, -0.25) is 19.1 Å². The first-order valence-corrected chi connectivity index (χ1v) is 13.3. The summed E-state index contributed by atoms with van der Waals surface area (Å²) in [6.07, 6.45) is 5.36. The quantitative estimate of drug-likeness (QED) is 0.574. The number of nitrogens with one attached hydrogen (secondary N) is 1. The van der Waals surface area contributed by atoms with Crippen LogP contribution in [0, 0.1) is 0 Å². The van der Waals surface area contributed by atoms with Crippen LogP contribution in [0.5, 0.6) is 0 Å². The van der Waals surface area contributed by atoms with Crippen LogP contribution in [0.3, 0.4) is 0 Å². The van der Waals surface area contributed by atoms with Gasteiger partial charge in [0.1, 0.15) is 5.65 Å². The molecule has 1 fully saturated rings. The molecule has 0 bridgehead atoms. The van der Waals surface area contributed by atoms with Crippen molar-refractivity contribution in [1.82, 2.24) is 18.8 Å². The van der Waals surface area contributed by atoms with E-state index in [4.69, 9.17) is 0 Å². The topological polar surface area (TPSA) is 125 Å². The van der Waals surface area contributed by atoms with Gasteiger partial charge in [-0.05, 0) is 55.5 Å². The minimum absolute atomic E-state index is 0.172. The molecule has 0 atom stereocenters. The summed E-state index contributed by atoms with van der Waals surface area (Å²) in [5.74, 6) is -0.336. The number of hydrogen-bond acceptors (Lipinski definition) is 6. The number of aromatic amines is 1. The Bertz CT molecular complexity index is 1540. The fourth-order valence-electron chi connectivity index (χ4n) is 4.88. The average molecular weight is 498 g/mol. The highest BCUT2D eigenvalue weighted by Gasteiger charge is 2.30. The zero-order valence-electron chi connectivity index (χ0n) is 19.5. The number of carbonyl (C=O) groups is 1. The number of sulfonamides is 1. The molecule has 2 aromatic heterocycles. The normalized spacial score (nSPS) is 16.5. The third-order valence-electron chi connectivity index (χ3n) is 6.67. The van der Waals surface area contributed by atoms with Crippen molar-refractivity contribution >= 4 is 32.7 Å². The van der Waals surface area contributed by atoms with Crippen molar-refractivity contribution in [1.29, 1.82) is 0 Å². The molecule has 0 radical (unpaired) electrons. The van der Waals surface area contributed by atoms with Crippen molar-refractivity contribution in [3.8, 4) is 0 Å². The summed E-state index contributed by atoms with van der Waals surface area (Å²) in [4.78, 5) is 46.3. The molecule has 1 saturated heterocycles. The summed E-state index contributed by atoms with van der Waals surface area (Å²) in [5.41, 5.74) is 0.792. The molecule has 184 valence electrons. The number of anilines is 1. The van der Waals surface area contributed by atoms with Crippen LogP contribution in [0.4, 0.5) is 5.69 Å². The first-order chi connectivity index (χ1) is 16.8. The molecule has 1 amide bonds. The molecule has 0 spiro atoms. The van der Waals surface area contributed by atoms with Crippen molar-refractivity contribution < 1.29 is 13.2 Å². The minimum atomic E-state index is -3.56. The second-order valence-electron chi connectivity index (χ2n) is 8.97. The van der Waals surface area contributed by atoms with Gasteiger partial charge >= 0.3 is 5.69 Å². The van der Waals surface area contributed by atoms with Gasteiger partial charge in [-0.1, -0.05) is 13.3 Å². The number of aromatic nitrogens is 3. The molecule has 2 aliphatic rings. The number of nitrogens with zero attached hydrogens (tertiary/aromatic N) is 4. The van der Waals surface area contributed by atoms with Gasteiger partial charge in [-0.2, -0.15) is 4.31 Å². The number of amides is 1. The second-order valence-corrected chi connectivity index (χ2v) is 10.9. The van der Waals surface area contributed by atoms with E-state index in [0.29, 0.717) is 44.7 Å². The lowest BCUT2D eigenvalue weighted by Gasteiger charge is -2.26. The molecule has 4 heterocycles. The number of rotatable bonds is 5. The Balaban J connectivity index is 1.46. The smallest absolute Gasteiger partial charge is 0.308 e. The van der Waals surface area contributed by atoms with Gasteiger partial charge in [-0.15, -0.1) is 0 Å². The van der Waals surface area contributed by atoms with Crippen LogP contribution in [0.1, 0.15) is 48.5 Å². The molecule has 3 aromatic rings. The Hall–Kier alpha value is -3.31. The van der Waals surface area contributed by atoms with Gasteiger partial charge in [0.25, 0.3) is 11.5 Å². The van der Waals surface area contributed by atoms with Gasteiger partial charge in [0.15, 0.2) is 0 Å². The van der Waals surface area contributed by atoms with E-state index in [1.54, 1.807) is 23.1 Å². The van der Waals surface area contributed by atoms with E-state index in [1.165, 1.54) is 21.1 Å². The Morgan fingerprint density at radius 3 is 2.60 bits per heavy atom. The number of piperidine rings is 1. The fourth-order valence-corrected chi connectivity index (χ4v) is 6.44. The SMILES string of the molecule is CCCn1c(=O)[nH]c(=O)c2cc(C(=O)N3CCc4cc(S(=O)(=O)N5CCCCC5)ccc43)cnc21. The summed E-state index contributed by atoms with van der Waals surface area (Å²) in [7, 11) is -3.56. The Kier molecular flexibility index (Phi) is 6.06. The maximum atomic E-state index is 13.4. The minimum Gasteiger partial charge on any atom is -0.308 e. The van der Waals surface area contributed by atoms with Gasteiger partial charge in [0, 0.05) is 38.1 Å². The Morgan fingerprint density at radius 2 is 1.86 bits per heavy atom. The molecule has 35 heavy (non-hydrogen) atoms. The van der Waals surface area contributed by atoms with Crippen LogP contribution in [0.25, 0.3) is 11.0 Å². The van der Waals surface area contributed by atoms with Gasteiger partial charge in [0.05, 0.1) is 15.8 Å². The molecule has 1 N–H and O–H groups in total. The Morgan fingerprint density at radius 1 is 1.09 bits per heavy atom. The molecule has 0 aliphatic carbocycles. The summed E-state index contributed by atoms with van der Waals surface area (Å²) in [5, 5.41) is 0.172. The standard InChI is InChI=1S/C24H27N5O5S/c1-2-9-29-21-19(22(30)26-24(29)32)14-17(15-25-21)23(31)28-12-8-16-13-18(6-7-20(16)28)35(33,34)27-10-4-3-5-11-27/h6-7,13-15H,2-5,8-12H2,1H3,(H,26,30,32). The van der Waals surface area contributed by atoms with Gasteiger partial charge < -0.3 is 4.90 Å². The first kappa shape index (κ1) is 23.4. The van der Waals surface area contributed by atoms with Crippen LogP contribution >= 0.6 is 0 Å². The highest BCUT2D eigenvalue weighted by atomic mass is 32.2. The van der Waals surface area contributed by atoms with Crippen molar-refractivity contribution in [2.45, 2.75) is 50.5 Å². The summed E-state index contributed by atoms with van der Waals surface area (Å²) >= 11 is 0. The maximum absolute atomic E-state index is 13.4. The van der Waals surface area contributed by atoms with E-state index in [2.05, 4.69) is 9.97 Å². The van der Waals surface area contributed by atoms with E-state index < -0.39 is 21.3 Å². The lowest BCUT2D eigenvalue weighted by molar-refractivity contribution is 0.0989. The largest absolute Gasteiger partial charge is 0.329 e. The van der Waals surface area contributed by atoms with E-state index in [9.17, 15) is 22.8 Å². The van der Waals surface area contributed by atoms with E-state index in [1.807, 2.05) is 6.92 Å². The number of benzene rings is 1.